The van der Waals surface area contributed by atoms with Crippen molar-refractivity contribution in [3.8, 4) is 0 Å². The molecule has 6 heteroatoms. The average molecular weight is 397 g/mol. The molecule has 0 aliphatic carbocycles. The molecular weight excluding hydrogens is 369 g/mol. The monoisotopic (exact) mass is 397 g/mol. The van der Waals surface area contributed by atoms with Gasteiger partial charge >= 0.3 is 0 Å². The molecule has 3 rings (SSSR count). The number of nitrogens with zero attached hydrogens (tertiary/aromatic N) is 1. The van der Waals surface area contributed by atoms with E-state index in [0.29, 0.717) is 25.9 Å². The number of piperidine rings is 1. The SMILES string of the molecule is NC(=O)C1CCCN(Cc2cccc(CNC(=O)CCc3ccc(F)cc3)c2)C1. The number of carbonyl (C=O) groups is 2. The fourth-order valence-corrected chi connectivity index (χ4v) is 3.73. The molecule has 2 aromatic rings. The summed E-state index contributed by atoms with van der Waals surface area (Å²) < 4.78 is 12.9. The Kier molecular flexibility index (Phi) is 7.36. The lowest BCUT2D eigenvalue weighted by atomic mass is 9.97. The van der Waals surface area contributed by atoms with E-state index in [1.54, 1.807) is 12.1 Å². The molecule has 2 amide bonds. The van der Waals surface area contributed by atoms with E-state index in [2.05, 4.69) is 22.3 Å². The zero-order valence-electron chi connectivity index (χ0n) is 16.6. The van der Waals surface area contributed by atoms with Gasteiger partial charge in [-0.15, -0.1) is 0 Å². The summed E-state index contributed by atoms with van der Waals surface area (Å²) >= 11 is 0. The van der Waals surface area contributed by atoms with Crippen LogP contribution in [0.2, 0.25) is 0 Å². The van der Waals surface area contributed by atoms with Crippen molar-refractivity contribution in [2.75, 3.05) is 13.1 Å². The lowest BCUT2D eigenvalue weighted by Crippen LogP contribution is -2.40. The fraction of sp³-hybridized carbons (Fsp3) is 0.391. The molecule has 5 nitrogen and oxygen atoms in total. The van der Waals surface area contributed by atoms with Crippen molar-refractivity contribution >= 4 is 11.8 Å². The Hall–Kier alpha value is -2.73. The summed E-state index contributed by atoms with van der Waals surface area (Å²) in [7, 11) is 0. The highest BCUT2D eigenvalue weighted by molar-refractivity contribution is 5.77. The molecule has 0 bridgehead atoms. The van der Waals surface area contributed by atoms with Gasteiger partial charge in [-0.05, 0) is 54.6 Å². The van der Waals surface area contributed by atoms with Gasteiger partial charge in [-0.1, -0.05) is 36.4 Å². The first-order valence-corrected chi connectivity index (χ1v) is 10.1. The van der Waals surface area contributed by atoms with Crippen LogP contribution in [0.25, 0.3) is 0 Å². The number of amides is 2. The smallest absolute Gasteiger partial charge is 0.221 e. The van der Waals surface area contributed by atoms with Gasteiger partial charge in [0.05, 0.1) is 5.92 Å². The summed E-state index contributed by atoms with van der Waals surface area (Å²) in [6, 6.07) is 14.4. The Morgan fingerprint density at radius 2 is 1.86 bits per heavy atom. The van der Waals surface area contributed by atoms with Gasteiger partial charge in [-0.2, -0.15) is 0 Å². The molecule has 1 heterocycles. The van der Waals surface area contributed by atoms with E-state index in [1.165, 1.54) is 12.1 Å². The molecule has 1 aliphatic rings. The normalized spacial score (nSPS) is 17.1. The zero-order valence-corrected chi connectivity index (χ0v) is 16.6. The number of nitrogens with one attached hydrogen (secondary N) is 1. The third kappa shape index (κ3) is 6.68. The number of carbonyl (C=O) groups excluding carboxylic acids is 2. The second kappa shape index (κ2) is 10.2. The topological polar surface area (TPSA) is 75.4 Å². The van der Waals surface area contributed by atoms with E-state index >= 15 is 0 Å². The van der Waals surface area contributed by atoms with Gasteiger partial charge in [-0.3, -0.25) is 14.5 Å². The second-order valence-electron chi connectivity index (χ2n) is 7.70. The number of halogens is 1. The highest BCUT2D eigenvalue weighted by Gasteiger charge is 2.23. The third-order valence-electron chi connectivity index (χ3n) is 5.35. The van der Waals surface area contributed by atoms with Crippen molar-refractivity contribution in [2.24, 2.45) is 11.7 Å². The summed E-state index contributed by atoms with van der Waals surface area (Å²) in [5.41, 5.74) is 8.61. The van der Waals surface area contributed by atoms with Crippen molar-refractivity contribution in [1.82, 2.24) is 10.2 Å². The first kappa shape index (κ1) is 21.0. The highest BCUT2D eigenvalue weighted by atomic mass is 19.1. The van der Waals surface area contributed by atoms with Crippen LogP contribution >= 0.6 is 0 Å². The van der Waals surface area contributed by atoms with E-state index in [4.69, 9.17) is 5.73 Å². The molecule has 0 radical (unpaired) electrons. The summed E-state index contributed by atoms with van der Waals surface area (Å²) in [6.07, 6.45) is 2.81. The predicted molar refractivity (Wildman–Crippen MR) is 110 cm³/mol. The number of rotatable bonds is 8. The number of likely N-dealkylation sites (tertiary alicyclic amines) is 1. The van der Waals surface area contributed by atoms with Crippen LogP contribution in [-0.4, -0.2) is 29.8 Å². The van der Waals surface area contributed by atoms with Crippen molar-refractivity contribution < 1.29 is 14.0 Å². The maximum Gasteiger partial charge on any atom is 0.221 e. The minimum absolute atomic E-state index is 0.0277. The predicted octanol–water partition coefficient (Wildman–Crippen LogP) is 2.77. The minimum Gasteiger partial charge on any atom is -0.369 e. The lowest BCUT2D eigenvalue weighted by Gasteiger charge is -2.31. The quantitative estimate of drug-likeness (QED) is 0.719. The largest absolute Gasteiger partial charge is 0.369 e. The van der Waals surface area contributed by atoms with Crippen LogP contribution in [0.5, 0.6) is 0 Å². The van der Waals surface area contributed by atoms with E-state index in [-0.39, 0.29) is 23.5 Å². The average Bonchev–Trinajstić information content (AvgIpc) is 2.72. The number of hydrogen-bond acceptors (Lipinski definition) is 3. The van der Waals surface area contributed by atoms with E-state index in [1.807, 2.05) is 12.1 Å². The summed E-state index contributed by atoms with van der Waals surface area (Å²) in [5, 5.41) is 2.95. The highest BCUT2D eigenvalue weighted by Crippen LogP contribution is 2.18. The van der Waals surface area contributed by atoms with Crippen LogP contribution in [0.4, 0.5) is 4.39 Å². The van der Waals surface area contributed by atoms with Crippen LogP contribution in [0.15, 0.2) is 48.5 Å². The Morgan fingerprint density at radius 1 is 1.10 bits per heavy atom. The standard InChI is InChI=1S/C23H28FN3O2/c24-21-9-6-17(7-10-21)8-11-22(28)26-14-18-3-1-4-19(13-18)15-27-12-2-5-20(16-27)23(25)29/h1,3-4,6-7,9-10,13,20H,2,5,8,11-12,14-16H2,(H2,25,29)(H,26,28). The van der Waals surface area contributed by atoms with Crippen LogP contribution in [-0.2, 0) is 29.1 Å². The maximum atomic E-state index is 12.9. The van der Waals surface area contributed by atoms with Crippen LogP contribution in [0, 0.1) is 11.7 Å². The fourth-order valence-electron chi connectivity index (χ4n) is 3.73. The Bertz CT molecular complexity index is 838. The maximum absolute atomic E-state index is 12.9. The summed E-state index contributed by atoms with van der Waals surface area (Å²) in [5.74, 6) is -0.577. The molecule has 154 valence electrons. The molecule has 1 aliphatic heterocycles. The third-order valence-corrected chi connectivity index (χ3v) is 5.35. The van der Waals surface area contributed by atoms with E-state index in [0.717, 1.165) is 42.6 Å². The number of hydrogen-bond donors (Lipinski definition) is 2. The van der Waals surface area contributed by atoms with Gasteiger partial charge in [0.25, 0.3) is 0 Å². The van der Waals surface area contributed by atoms with Crippen LogP contribution in [0.1, 0.15) is 36.0 Å². The second-order valence-corrected chi connectivity index (χ2v) is 7.70. The number of aryl methyl sites for hydroxylation is 1. The van der Waals surface area contributed by atoms with Crippen molar-refractivity contribution in [2.45, 2.75) is 38.8 Å². The molecule has 1 fully saturated rings. The number of benzene rings is 2. The molecule has 0 aromatic heterocycles. The van der Waals surface area contributed by atoms with Crippen LogP contribution in [0.3, 0.4) is 0 Å². The van der Waals surface area contributed by atoms with Gasteiger partial charge in [0.15, 0.2) is 0 Å². The first-order chi connectivity index (χ1) is 14.0. The molecule has 0 spiro atoms. The van der Waals surface area contributed by atoms with Gasteiger partial charge in [-0.25, -0.2) is 4.39 Å². The molecule has 29 heavy (non-hydrogen) atoms. The number of nitrogens with two attached hydrogens (primary N) is 1. The molecule has 3 N–H and O–H groups in total. The first-order valence-electron chi connectivity index (χ1n) is 10.1. The van der Waals surface area contributed by atoms with Crippen molar-refractivity contribution in [3.05, 3.63) is 71.0 Å². The molecule has 1 saturated heterocycles. The molecule has 1 unspecified atom stereocenters. The molecule has 0 saturated carbocycles. The Morgan fingerprint density at radius 3 is 2.62 bits per heavy atom. The van der Waals surface area contributed by atoms with Crippen molar-refractivity contribution in [3.63, 3.8) is 0 Å². The van der Waals surface area contributed by atoms with E-state index < -0.39 is 0 Å². The van der Waals surface area contributed by atoms with Crippen molar-refractivity contribution in [1.29, 1.82) is 0 Å². The van der Waals surface area contributed by atoms with Gasteiger partial charge in [0, 0.05) is 26.1 Å². The summed E-state index contributed by atoms with van der Waals surface area (Å²) in [4.78, 5) is 25.8. The molecular formula is C23H28FN3O2. The molecule has 2 aromatic carbocycles. The lowest BCUT2D eigenvalue weighted by molar-refractivity contribution is -0.123. The summed E-state index contributed by atoms with van der Waals surface area (Å²) in [6.45, 7) is 2.92. The minimum atomic E-state index is -0.271. The molecule has 1 atom stereocenters. The van der Waals surface area contributed by atoms with E-state index in [9.17, 15) is 14.0 Å². The van der Waals surface area contributed by atoms with Gasteiger partial charge in [0.2, 0.25) is 11.8 Å². The number of primary amides is 1. The zero-order chi connectivity index (χ0) is 20.6. The van der Waals surface area contributed by atoms with Crippen LogP contribution < -0.4 is 11.1 Å². The van der Waals surface area contributed by atoms with Gasteiger partial charge < -0.3 is 11.1 Å². The van der Waals surface area contributed by atoms with Gasteiger partial charge in [0.1, 0.15) is 5.82 Å². The Balaban J connectivity index is 1.46. The Labute approximate surface area is 171 Å².